The first-order valence-electron chi connectivity index (χ1n) is 6.40. The van der Waals surface area contributed by atoms with Gasteiger partial charge in [0, 0.05) is 19.4 Å². The van der Waals surface area contributed by atoms with Crippen LogP contribution in [0.5, 0.6) is 0 Å². The highest BCUT2D eigenvalue weighted by atomic mass is 16.7. The molecule has 1 spiro atoms. The lowest BCUT2D eigenvalue weighted by Crippen LogP contribution is -2.33. The maximum Gasteiger partial charge on any atom is 0.168 e. The minimum Gasteiger partial charge on any atom is -0.347 e. The average molecular weight is 211 g/mol. The Bertz CT molecular complexity index is 220. The van der Waals surface area contributed by atoms with Crippen LogP contribution in [0.2, 0.25) is 0 Å². The lowest BCUT2D eigenvalue weighted by atomic mass is 10.2. The zero-order chi connectivity index (χ0) is 10.1. The number of nitrogens with zero attached hydrogens (tertiary/aromatic N) is 1. The number of rotatable bonds is 2. The maximum atomic E-state index is 6.11. The van der Waals surface area contributed by atoms with Gasteiger partial charge in [-0.15, -0.1) is 0 Å². The maximum absolute atomic E-state index is 6.11. The summed E-state index contributed by atoms with van der Waals surface area (Å²) >= 11 is 0. The average Bonchev–Trinajstić information content (AvgIpc) is 2.92. The molecule has 3 fully saturated rings. The third-order valence-electron chi connectivity index (χ3n) is 3.94. The van der Waals surface area contributed by atoms with E-state index in [0.29, 0.717) is 6.10 Å². The summed E-state index contributed by atoms with van der Waals surface area (Å²) in [5, 5.41) is 0. The molecule has 1 aliphatic carbocycles. The van der Waals surface area contributed by atoms with Crippen molar-refractivity contribution < 1.29 is 9.47 Å². The molecule has 86 valence electrons. The van der Waals surface area contributed by atoms with Crippen molar-refractivity contribution in [3.63, 3.8) is 0 Å². The Balaban J connectivity index is 1.52. The summed E-state index contributed by atoms with van der Waals surface area (Å²) in [5.41, 5.74) is 0. The normalized spacial score (nSPS) is 35.6. The van der Waals surface area contributed by atoms with Crippen molar-refractivity contribution in [2.75, 3.05) is 26.2 Å². The smallest absolute Gasteiger partial charge is 0.168 e. The fourth-order valence-electron chi connectivity index (χ4n) is 3.14. The van der Waals surface area contributed by atoms with Gasteiger partial charge in [-0.2, -0.15) is 0 Å². The van der Waals surface area contributed by atoms with Gasteiger partial charge in [-0.3, -0.25) is 0 Å². The molecule has 0 unspecified atom stereocenters. The summed E-state index contributed by atoms with van der Waals surface area (Å²) in [6, 6.07) is 0. The largest absolute Gasteiger partial charge is 0.347 e. The van der Waals surface area contributed by atoms with E-state index in [4.69, 9.17) is 9.47 Å². The Morgan fingerprint density at radius 3 is 2.53 bits per heavy atom. The van der Waals surface area contributed by atoms with Crippen molar-refractivity contribution in [1.82, 2.24) is 4.90 Å². The van der Waals surface area contributed by atoms with E-state index >= 15 is 0 Å². The molecular formula is C12H21NO2. The van der Waals surface area contributed by atoms with Gasteiger partial charge in [-0.25, -0.2) is 0 Å². The van der Waals surface area contributed by atoms with E-state index in [-0.39, 0.29) is 5.79 Å². The van der Waals surface area contributed by atoms with Gasteiger partial charge >= 0.3 is 0 Å². The number of hydrogen-bond acceptors (Lipinski definition) is 3. The molecular weight excluding hydrogens is 190 g/mol. The van der Waals surface area contributed by atoms with E-state index in [2.05, 4.69) is 4.90 Å². The second-order valence-corrected chi connectivity index (χ2v) is 5.18. The first kappa shape index (κ1) is 10.1. The van der Waals surface area contributed by atoms with Crippen molar-refractivity contribution in [3.8, 4) is 0 Å². The molecule has 3 rings (SSSR count). The highest BCUT2D eigenvalue weighted by molar-refractivity contribution is 4.85. The molecule has 2 aliphatic heterocycles. The summed E-state index contributed by atoms with van der Waals surface area (Å²) < 4.78 is 12.0. The zero-order valence-electron chi connectivity index (χ0n) is 9.41. The van der Waals surface area contributed by atoms with Crippen LogP contribution in [-0.2, 0) is 9.47 Å². The SMILES string of the molecule is C1CCN(C[C@@H]2COC3(CCCC3)O2)C1. The van der Waals surface area contributed by atoms with Crippen molar-refractivity contribution in [2.45, 2.75) is 50.4 Å². The Hall–Kier alpha value is -0.120. The van der Waals surface area contributed by atoms with Crippen LogP contribution in [0.4, 0.5) is 0 Å². The van der Waals surface area contributed by atoms with E-state index in [1.54, 1.807) is 0 Å². The molecule has 2 saturated heterocycles. The third kappa shape index (κ3) is 2.05. The van der Waals surface area contributed by atoms with Gasteiger partial charge in [0.1, 0.15) is 0 Å². The number of hydrogen-bond donors (Lipinski definition) is 0. The van der Waals surface area contributed by atoms with Crippen molar-refractivity contribution in [3.05, 3.63) is 0 Å². The minimum atomic E-state index is -0.162. The Morgan fingerprint density at radius 1 is 1.07 bits per heavy atom. The molecule has 15 heavy (non-hydrogen) atoms. The molecule has 3 aliphatic rings. The van der Waals surface area contributed by atoms with Crippen molar-refractivity contribution in [1.29, 1.82) is 0 Å². The molecule has 0 bridgehead atoms. The van der Waals surface area contributed by atoms with Crippen LogP contribution >= 0.6 is 0 Å². The van der Waals surface area contributed by atoms with Crippen LogP contribution in [0.25, 0.3) is 0 Å². The molecule has 0 aromatic heterocycles. The second-order valence-electron chi connectivity index (χ2n) is 5.18. The van der Waals surface area contributed by atoms with Crippen molar-refractivity contribution in [2.24, 2.45) is 0 Å². The highest BCUT2D eigenvalue weighted by Gasteiger charge is 2.43. The van der Waals surface area contributed by atoms with Crippen LogP contribution in [0, 0.1) is 0 Å². The van der Waals surface area contributed by atoms with Gasteiger partial charge < -0.3 is 14.4 Å². The summed E-state index contributed by atoms with van der Waals surface area (Å²) in [7, 11) is 0. The Morgan fingerprint density at radius 2 is 1.80 bits per heavy atom. The van der Waals surface area contributed by atoms with Gasteiger partial charge in [-0.1, -0.05) is 0 Å². The molecule has 1 saturated carbocycles. The number of ether oxygens (including phenoxy) is 2. The highest BCUT2D eigenvalue weighted by Crippen LogP contribution is 2.39. The number of likely N-dealkylation sites (tertiary alicyclic amines) is 1. The first-order valence-corrected chi connectivity index (χ1v) is 6.40. The molecule has 1 atom stereocenters. The van der Waals surface area contributed by atoms with E-state index < -0.39 is 0 Å². The molecule has 0 aromatic carbocycles. The van der Waals surface area contributed by atoms with Crippen molar-refractivity contribution >= 4 is 0 Å². The van der Waals surface area contributed by atoms with Gasteiger partial charge in [0.15, 0.2) is 5.79 Å². The van der Waals surface area contributed by atoms with E-state index in [1.165, 1.54) is 38.8 Å². The summed E-state index contributed by atoms with van der Waals surface area (Å²) in [6.45, 7) is 4.41. The third-order valence-corrected chi connectivity index (χ3v) is 3.94. The monoisotopic (exact) mass is 211 g/mol. The lowest BCUT2D eigenvalue weighted by Gasteiger charge is -2.23. The topological polar surface area (TPSA) is 21.7 Å². The van der Waals surface area contributed by atoms with Crippen LogP contribution in [-0.4, -0.2) is 43.0 Å². The van der Waals surface area contributed by atoms with Crippen LogP contribution in [0.3, 0.4) is 0 Å². The van der Waals surface area contributed by atoms with Crippen LogP contribution < -0.4 is 0 Å². The van der Waals surface area contributed by atoms with E-state index in [1.807, 2.05) is 0 Å². The van der Waals surface area contributed by atoms with Gasteiger partial charge in [0.05, 0.1) is 12.7 Å². The van der Waals surface area contributed by atoms with Gasteiger partial charge in [0.25, 0.3) is 0 Å². The fourth-order valence-corrected chi connectivity index (χ4v) is 3.14. The predicted molar refractivity (Wildman–Crippen MR) is 57.7 cm³/mol. The summed E-state index contributed by atoms with van der Waals surface area (Å²) in [6.07, 6.45) is 7.83. The molecule has 2 heterocycles. The van der Waals surface area contributed by atoms with E-state index in [0.717, 1.165) is 26.0 Å². The lowest BCUT2D eigenvalue weighted by molar-refractivity contribution is -0.163. The quantitative estimate of drug-likeness (QED) is 0.695. The Kier molecular flexibility index (Phi) is 2.71. The molecule has 3 heteroatoms. The minimum absolute atomic E-state index is 0.162. The predicted octanol–water partition coefficient (Wildman–Crippen LogP) is 1.77. The van der Waals surface area contributed by atoms with E-state index in [9.17, 15) is 0 Å². The van der Waals surface area contributed by atoms with Crippen LogP contribution in [0.1, 0.15) is 38.5 Å². The molecule has 3 nitrogen and oxygen atoms in total. The molecule has 0 amide bonds. The first-order chi connectivity index (χ1) is 7.36. The molecule has 0 N–H and O–H groups in total. The molecule has 0 radical (unpaired) electrons. The second kappa shape index (κ2) is 4.04. The van der Waals surface area contributed by atoms with Gasteiger partial charge in [0.2, 0.25) is 0 Å². The fraction of sp³-hybridized carbons (Fsp3) is 1.00. The van der Waals surface area contributed by atoms with Gasteiger partial charge in [-0.05, 0) is 38.8 Å². The zero-order valence-corrected chi connectivity index (χ0v) is 9.41. The van der Waals surface area contributed by atoms with Crippen LogP contribution in [0.15, 0.2) is 0 Å². The molecule has 0 aromatic rings. The summed E-state index contributed by atoms with van der Waals surface area (Å²) in [5.74, 6) is -0.162. The summed E-state index contributed by atoms with van der Waals surface area (Å²) in [4.78, 5) is 2.52. The standard InChI is InChI=1S/C12H21NO2/c1-2-6-12(5-1)14-10-11(15-12)9-13-7-3-4-8-13/h11H,1-10H2/t11-/m1/s1. The Labute approximate surface area is 91.7 Å².